The van der Waals surface area contributed by atoms with Crippen molar-refractivity contribution in [2.45, 2.75) is 18.6 Å². The molecule has 17 heavy (non-hydrogen) atoms. The van der Waals surface area contributed by atoms with Crippen LogP contribution in [0.4, 0.5) is 0 Å². The van der Waals surface area contributed by atoms with Crippen molar-refractivity contribution >= 4 is 17.7 Å². The van der Waals surface area contributed by atoms with Gasteiger partial charge in [0.15, 0.2) is 5.82 Å². The second kappa shape index (κ2) is 6.02. The Morgan fingerprint density at radius 2 is 2.47 bits per heavy atom. The van der Waals surface area contributed by atoms with Gasteiger partial charge in [-0.1, -0.05) is 5.16 Å². The molecule has 1 fully saturated rings. The molecule has 1 aromatic rings. The van der Waals surface area contributed by atoms with Gasteiger partial charge >= 0.3 is 5.97 Å². The molecule has 1 aliphatic heterocycles. The molecule has 2 rings (SSSR count). The molecule has 6 nitrogen and oxygen atoms in total. The third kappa shape index (κ3) is 4.01. The first kappa shape index (κ1) is 12.4. The highest BCUT2D eigenvalue weighted by molar-refractivity contribution is 7.99. The van der Waals surface area contributed by atoms with Crippen LogP contribution in [0.3, 0.4) is 0 Å². The van der Waals surface area contributed by atoms with Crippen molar-refractivity contribution in [3.05, 3.63) is 11.7 Å². The van der Waals surface area contributed by atoms with Crippen LogP contribution >= 0.6 is 11.8 Å². The van der Waals surface area contributed by atoms with Crippen molar-refractivity contribution in [2.24, 2.45) is 5.92 Å². The van der Waals surface area contributed by atoms with E-state index in [4.69, 9.17) is 14.4 Å². The van der Waals surface area contributed by atoms with E-state index in [-0.39, 0.29) is 5.75 Å². The summed E-state index contributed by atoms with van der Waals surface area (Å²) in [6, 6.07) is 0. The van der Waals surface area contributed by atoms with Gasteiger partial charge in [-0.05, 0) is 12.3 Å². The summed E-state index contributed by atoms with van der Waals surface area (Å²) in [5.41, 5.74) is 0. The van der Waals surface area contributed by atoms with E-state index in [1.165, 1.54) is 11.8 Å². The van der Waals surface area contributed by atoms with Crippen molar-refractivity contribution in [1.82, 2.24) is 10.1 Å². The molecule has 1 aliphatic rings. The summed E-state index contributed by atoms with van der Waals surface area (Å²) < 4.78 is 10.3. The SMILES string of the molecule is O=C(O)CSCc1nc(CC2CCOC2)no1. The van der Waals surface area contributed by atoms with Gasteiger partial charge in [-0.2, -0.15) is 4.98 Å². The number of aliphatic carboxylic acids is 1. The lowest BCUT2D eigenvalue weighted by Crippen LogP contribution is -2.05. The standard InChI is InChI=1S/C10H14N2O4S/c13-10(14)6-17-5-9-11-8(12-16-9)3-7-1-2-15-4-7/h7H,1-6H2,(H,13,14). The third-order valence-electron chi connectivity index (χ3n) is 2.46. The minimum atomic E-state index is -0.835. The Hall–Kier alpha value is -1.08. The van der Waals surface area contributed by atoms with Crippen LogP contribution < -0.4 is 0 Å². The number of carboxylic acid groups (broad SMARTS) is 1. The van der Waals surface area contributed by atoms with Crippen molar-refractivity contribution in [1.29, 1.82) is 0 Å². The summed E-state index contributed by atoms with van der Waals surface area (Å²) in [4.78, 5) is 14.5. The van der Waals surface area contributed by atoms with Gasteiger partial charge in [0.2, 0.25) is 5.89 Å². The van der Waals surface area contributed by atoms with E-state index in [2.05, 4.69) is 10.1 Å². The Bertz CT molecular complexity index is 376. The highest BCUT2D eigenvalue weighted by atomic mass is 32.2. The van der Waals surface area contributed by atoms with Crippen LogP contribution in [0.2, 0.25) is 0 Å². The van der Waals surface area contributed by atoms with E-state index in [1.54, 1.807) is 0 Å². The molecular weight excluding hydrogens is 244 g/mol. The maximum Gasteiger partial charge on any atom is 0.313 e. The van der Waals surface area contributed by atoms with Gasteiger partial charge in [-0.15, -0.1) is 11.8 Å². The van der Waals surface area contributed by atoms with Crippen molar-refractivity contribution < 1.29 is 19.2 Å². The Kier molecular flexibility index (Phi) is 4.38. The molecular formula is C10H14N2O4S. The summed E-state index contributed by atoms with van der Waals surface area (Å²) >= 11 is 1.25. The number of hydrogen-bond acceptors (Lipinski definition) is 6. The van der Waals surface area contributed by atoms with Crippen molar-refractivity contribution in [2.75, 3.05) is 19.0 Å². The predicted octanol–water partition coefficient (Wildman–Crippen LogP) is 0.966. The molecule has 1 saturated heterocycles. The van der Waals surface area contributed by atoms with Crippen LogP contribution in [0, 0.1) is 5.92 Å². The fraction of sp³-hybridized carbons (Fsp3) is 0.700. The molecule has 0 aromatic carbocycles. The lowest BCUT2D eigenvalue weighted by Gasteiger charge is -2.00. The number of carbonyl (C=O) groups is 1. The number of carboxylic acids is 1. The highest BCUT2D eigenvalue weighted by Crippen LogP contribution is 2.17. The molecule has 1 unspecified atom stereocenters. The Balaban J connectivity index is 1.76. The molecule has 0 radical (unpaired) electrons. The Morgan fingerprint density at radius 3 is 3.18 bits per heavy atom. The molecule has 1 N–H and O–H groups in total. The van der Waals surface area contributed by atoms with Crippen LogP contribution in [-0.2, 0) is 21.7 Å². The number of aromatic nitrogens is 2. The average Bonchev–Trinajstić information content (AvgIpc) is 2.90. The molecule has 0 spiro atoms. The largest absolute Gasteiger partial charge is 0.481 e. The van der Waals surface area contributed by atoms with Gasteiger partial charge in [-0.25, -0.2) is 0 Å². The van der Waals surface area contributed by atoms with E-state index < -0.39 is 5.97 Å². The minimum Gasteiger partial charge on any atom is -0.481 e. The van der Waals surface area contributed by atoms with Crippen LogP contribution in [0.25, 0.3) is 0 Å². The third-order valence-corrected chi connectivity index (χ3v) is 3.36. The first-order valence-corrected chi connectivity index (χ1v) is 6.58. The Morgan fingerprint density at radius 1 is 1.59 bits per heavy atom. The van der Waals surface area contributed by atoms with Crippen molar-refractivity contribution in [3.8, 4) is 0 Å². The second-order valence-corrected chi connectivity index (χ2v) is 4.91. The maximum absolute atomic E-state index is 10.3. The van der Waals surface area contributed by atoms with Gasteiger partial charge in [-0.3, -0.25) is 4.79 Å². The van der Waals surface area contributed by atoms with Gasteiger partial charge in [0.1, 0.15) is 0 Å². The quantitative estimate of drug-likeness (QED) is 0.813. The van der Waals surface area contributed by atoms with E-state index in [0.717, 1.165) is 26.1 Å². The average molecular weight is 258 g/mol. The zero-order valence-electron chi connectivity index (χ0n) is 9.29. The molecule has 2 heterocycles. The number of hydrogen-bond donors (Lipinski definition) is 1. The van der Waals surface area contributed by atoms with Crippen LogP contribution in [0.15, 0.2) is 4.52 Å². The molecule has 0 aliphatic carbocycles. The van der Waals surface area contributed by atoms with Gasteiger partial charge in [0.05, 0.1) is 11.5 Å². The van der Waals surface area contributed by atoms with Crippen LogP contribution in [0.1, 0.15) is 18.1 Å². The molecule has 0 saturated carbocycles. The summed E-state index contributed by atoms with van der Waals surface area (Å²) in [6.07, 6.45) is 1.81. The summed E-state index contributed by atoms with van der Waals surface area (Å²) in [5.74, 6) is 1.32. The summed E-state index contributed by atoms with van der Waals surface area (Å²) in [5, 5.41) is 12.4. The first-order chi connectivity index (χ1) is 8.24. The predicted molar refractivity (Wildman–Crippen MR) is 60.7 cm³/mol. The van der Waals surface area contributed by atoms with Gasteiger partial charge in [0, 0.05) is 19.6 Å². The lowest BCUT2D eigenvalue weighted by molar-refractivity contribution is -0.133. The first-order valence-electron chi connectivity index (χ1n) is 5.43. The van der Waals surface area contributed by atoms with E-state index in [1.807, 2.05) is 0 Å². The van der Waals surface area contributed by atoms with E-state index in [0.29, 0.717) is 23.4 Å². The number of rotatable bonds is 6. The van der Waals surface area contributed by atoms with Crippen LogP contribution in [-0.4, -0.2) is 40.2 Å². The normalized spacial score (nSPS) is 19.6. The fourth-order valence-corrected chi connectivity index (χ4v) is 2.23. The molecule has 0 amide bonds. The molecule has 1 aromatic heterocycles. The number of nitrogens with zero attached hydrogens (tertiary/aromatic N) is 2. The number of thioether (sulfide) groups is 1. The monoisotopic (exact) mass is 258 g/mol. The molecule has 0 bridgehead atoms. The smallest absolute Gasteiger partial charge is 0.313 e. The maximum atomic E-state index is 10.3. The Labute approximate surface area is 103 Å². The molecule has 7 heteroatoms. The number of ether oxygens (including phenoxy) is 1. The van der Waals surface area contributed by atoms with Gasteiger partial charge in [0.25, 0.3) is 0 Å². The van der Waals surface area contributed by atoms with E-state index in [9.17, 15) is 4.79 Å². The van der Waals surface area contributed by atoms with Crippen LogP contribution in [0.5, 0.6) is 0 Å². The summed E-state index contributed by atoms with van der Waals surface area (Å²) in [7, 11) is 0. The fourth-order valence-electron chi connectivity index (χ4n) is 1.66. The lowest BCUT2D eigenvalue weighted by atomic mass is 10.1. The highest BCUT2D eigenvalue weighted by Gasteiger charge is 2.19. The zero-order valence-corrected chi connectivity index (χ0v) is 10.1. The molecule has 1 atom stereocenters. The van der Waals surface area contributed by atoms with Crippen molar-refractivity contribution in [3.63, 3.8) is 0 Å². The summed E-state index contributed by atoms with van der Waals surface area (Å²) in [6.45, 7) is 1.57. The van der Waals surface area contributed by atoms with Gasteiger partial charge < -0.3 is 14.4 Å². The minimum absolute atomic E-state index is 0.0498. The topological polar surface area (TPSA) is 85.5 Å². The van der Waals surface area contributed by atoms with E-state index >= 15 is 0 Å². The second-order valence-electron chi connectivity index (χ2n) is 3.92. The molecule has 94 valence electrons. The zero-order chi connectivity index (χ0) is 12.1.